The summed E-state index contributed by atoms with van der Waals surface area (Å²) in [6.45, 7) is 4.91. The molecule has 0 radical (unpaired) electrons. The zero-order valence-electron chi connectivity index (χ0n) is 11.3. The van der Waals surface area contributed by atoms with E-state index in [2.05, 4.69) is 28.0 Å². The summed E-state index contributed by atoms with van der Waals surface area (Å²) in [6.07, 6.45) is 2.05. The van der Waals surface area contributed by atoms with Gasteiger partial charge in [0.2, 0.25) is 0 Å². The Kier molecular flexibility index (Phi) is 4.32. The highest BCUT2D eigenvalue weighted by Gasteiger charge is 2.14. The number of nitrogens with one attached hydrogen (secondary N) is 2. The molecule has 3 rings (SSSR count). The van der Waals surface area contributed by atoms with Crippen LogP contribution in [0.3, 0.4) is 0 Å². The van der Waals surface area contributed by atoms with E-state index in [1.54, 1.807) is 0 Å². The van der Waals surface area contributed by atoms with E-state index in [0.29, 0.717) is 5.69 Å². The first kappa shape index (κ1) is 13.3. The number of aryl methyl sites for hydroxylation is 1. The molecule has 0 spiro atoms. The quantitative estimate of drug-likeness (QED) is 0.758. The van der Waals surface area contributed by atoms with Gasteiger partial charge in [-0.2, -0.15) is 5.26 Å². The van der Waals surface area contributed by atoms with Crippen molar-refractivity contribution in [2.45, 2.75) is 26.7 Å². The fourth-order valence-corrected chi connectivity index (χ4v) is 2.26. The number of hydrogen-bond acceptors (Lipinski definition) is 4. The molecule has 0 bridgehead atoms. The molecule has 0 saturated heterocycles. The Balaban J connectivity index is 0.000000637. The minimum atomic E-state index is 0.482. The van der Waals surface area contributed by atoms with E-state index in [1.807, 2.05) is 32.0 Å². The molecule has 1 aliphatic heterocycles. The van der Waals surface area contributed by atoms with E-state index >= 15 is 0 Å². The molecule has 0 amide bonds. The molecule has 0 fully saturated rings. The number of pyridine rings is 1. The van der Waals surface area contributed by atoms with Crippen LogP contribution >= 0.6 is 0 Å². The minimum Gasteiger partial charge on any atom is -0.306 e. The van der Waals surface area contributed by atoms with Crippen molar-refractivity contribution in [3.05, 3.63) is 35.5 Å². The molecule has 0 unspecified atom stereocenters. The van der Waals surface area contributed by atoms with Crippen LogP contribution in [-0.2, 0) is 6.42 Å². The van der Waals surface area contributed by atoms with Crippen LogP contribution in [0.5, 0.6) is 0 Å². The van der Waals surface area contributed by atoms with Crippen molar-refractivity contribution in [3.63, 3.8) is 0 Å². The zero-order chi connectivity index (χ0) is 13.7. The molecule has 4 heteroatoms. The van der Waals surface area contributed by atoms with E-state index in [9.17, 15) is 0 Å². The van der Waals surface area contributed by atoms with Gasteiger partial charge < -0.3 is 5.43 Å². The van der Waals surface area contributed by atoms with E-state index in [-0.39, 0.29) is 0 Å². The van der Waals surface area contributed by atoms with Gasteiger partial charge in [-0.15, -0.1) is 0 Å². The molecule has 0 atom stereocenters. The summed E-state index contributed by atoms with van der Waals surface area (Å²) >= 11 is 0. The molecular weight excluding hydrogens is 236 g/mol. The van der Waals surface area contributed by atoms with Gasteiger partial charge in [0.25, 0.3) is 0 Å². The van der Waals surface area contributed by atoms with E-state index < -0.39 is 0 Å². The maximum atomic E-state index is 9.15. The van der Waals surface area contributed by atoms with Crippen molar-refractivity contribution in [2.75, 3.05) is 12.0 Å². The summed E-state index contributed by atoms with van der Waals surface area (Å²) in [6, 6.07) is 10.1. The summed E-state index contributed by atoms with van der Waals surface area (Å²) in [4.78, 5) is 4.39. The molecule has 2 aromatic rings. The highest BCUT2D eigenvalue weighted by Crippen LogP contribution is 2.28. The SMILES string of the molecule is CC.N#Cc1nc2c(c3ccccc13)CCCNN2. The number of hydrazine groups is 1. The van der Waals surface area contributed by atoms with Gasteiger partial charge in [0.1, 0.15) is 11.9 Å². The van der Waals surface area contributed by atoms with Gasteiger partial charge in [0, 0.05) is 17.5 Å². The highest BCUT2D eigenvalue weighted by atomic mass is 15.4. The van der Waals surface area contributed by atoms with Gasteiger partial charge in [-0.05, 0) is 18.2 Å². The van der Waals surface area contributed by atoms with Crippen LogP contribution < -0.4 is 10.9 Å². The summed E-state index contributed by atoms with van der Waals surface area (Å²) in [5, 5.41) is 11.2. The van der Waals surface area contributed by atoms with E-state index in [1.165, 1.54) is 5.56 Å². The van der Waals surface area contributed by atoms with Crippen LogP contribution in [-0.4, -0.2) is 11.5 Å². The fourth-order valence-electron chi connectivity index (χ4n) is 2.26. The predicted octanol–water partition coefficient (Wildman–Crippen LogP) is 3.00. The second-order valence-electron chi connectivity index (χ2n) is 4.10. The van der Waals surface area contributed by atoms with Crippen LogP contribution in [0, 0.1) is 11.3 Å². The molecule has 1 aromatic carbocycles. The lowest BCUT2D eigenvalue weighted by Crippen LogP contribution is -2.21. The fraction of sp³-hybridized carbons (Fsp3) is 0.333. The second-order valence-corrected chi connectivity index (χ2v) is 4.10. The third kappa shape index (κ3) is 2.51. The minimum absolute atomic E-state index is 0.482. The van der Waals surface area contributed by atoms with E-state index in [0.717, 1.165) is 36.0 Å². The van der Waals surface area contributed by atoms with Crippen molar-refractivity contribution >= 4 is 16.6 Å². The molecule has 0 aliphatic carbocycles. The molecule has 0 saturated carbocycles. The van der Waals surface area contributed by atoms with Crippen LogP contribution in [0.4, 0.5) is 5.82 Å². The second kappa shape index (κ2) is 6.17. The van der Waals surface area contributed by atoms with Crippen LogP contribution in [0.25, 0.3) is 10.8 Å². The van der Waals surface area contributed by atoms with E-state index in [4.69, 9.17) is 5.26 Å². The molecule has 98 valence electrons. The number of aromatic nitrogens is 1. The normalized spacial score (nSPS) is 13.3. The number of rotatable bonds is 0. The summed E-state index contributed by atoms with van der Waals surface area (Å²) < 4.78 is 0. The Morgan fingerprint density at radius 2 is 1.95 bits per heavy atom. The highest BCUT2D eigenvalue weighted by molar-refractivity contribution is 5.92. The Bertz CT molecular complexity index is 613. The Labute approximate surface area is 113 Å². The average molecular weight is 254 g/mol. The van der Waals surface area contributed by atoms with Gasteiger partial charge in [0.05, 0.1) is 0 Å². The lowest BCUT2D eigenvalue weighted by atomic mass is 10.0. The standard InChI is InChI=1S/C13H12N4.C2H6/c14-8-12-10-5-2-1-4-9(10)11-6-3-7-15-17-13(11)16-12;1-2/h1-2,4-5,15H,3,6-7H2,(H,16,17);1-2H3. The van der Waals surface area contributed by atoms with Gasteiger partial charge >= 0.3 is 0 Å². The molecule has 2 N–H and O–H groups in total. The number of fused-ring (bicyclic) bond motifs is 3. The number of anilines is 1. The summed E-state index contributed by atoms with van der Waals surface area (Å²) in [7, 11) is 0. The predicted molar refractivity (Wildman–Crippen MR) is 77.8 cm³/mol. The first-order valence-corrected chi connectivity index (χ1v) is 6.71. The van der Waals surface area contributed by atoms with Crippen LogP contribution in [0.15, 0.2) is 24.3 Å². The number of nitriles is 1. The first-order chi connectivity index (χ1) is 9.40. The van der Waals surface area contributed by atoms with Crippen molar-refractivity contribution in [3.8, 4) is 6.07 Å². The smallest absolute Gasteiger partial charge is 0.150 e. The lowest BCUT2D eigenvalue weighted by Gasteiger charge is -2.11. The van der Waals surface area contributed by atoms with Gasteiger partial charge in [-0.25, -0.2) is 10.4 Å². The largest absolute Gasteiger partial charge is 0.306 e. The first-order valence-electron chi connectivity index (χ1n) is 6.71. The molecule has 1 aliphatic rings. The monoisotopic (exact) mass is 254 g/mol. The van der Waals surface area contributed by atoms with Crippen molar-refractivity contribution < 1.29 is 0 Å². The van der Waals surface area contributed by atoms with Crippen LogP contribution in [0.1, 0.15) is 31.5 Å². The molecular formula is C15H18N4. The zero-order valence-corrected chi connectivity index (χ0v) is 11.3. The Morgan fingerprint density at radius 3 is 2.68 bits per heavy atom. The number of benzene rings is 1. The third-order valence-corrected chi connectivity index (χ3v) is 3.06. The molecule has 1 aromatic heterocycles. The summed E-state index contributed by atoms with van der Waals surface area (Å²) in [5.74, 6) is 0.790. The van der Waals surface area contributed by atoms with Crippen LogP contribution in [0.2, 0.25) is 0 Å². The average Bonchev–Trinajstić information content (AvgIpc) is 2.73. The molecule has 2 heterocycles. The number of hydrogen-bond donors (Lipinski definition) is 2. The van der Waals surface area contributed by atoms with Crippen molar-refractivity contribution in [1.29, 1.82) is 5.26 Å². The van der Waals surface area contributed by atoms with Crippen molar-refractivity contribution in [1.82, 2.24) is 10.4 Å². The van der Waals surface area contributed by atoms with Gasteiger partial charge in [-0.1, -0.05) is 38.1 Å². The summed E-state index contributed by atoms with van der Waals surface area (Å²) in [5.41, 5.74) is 7.86. The number of nitrogens with zero attached hydrogens (tertiary/aromatic N) is 2. The Hall–Kier alpha value is -2.12. The maximum Gasteiger partial charge on any atom is 0.150 e. The van der Waals surface area contributed by atoms with Gasteiger partial charge in [0.15, 0.2) is 5.69 Å². The molecule has 4 nitrogen and oxygen atoms in total. The third-order valence-electron chi connectivity index (χ3n) is 3.06. The topological polar surface area (TPSA) is 60.7 Å². The Morgan fingerprint density at radius 1 is 1.21 bits per heavy atom. The van der Waals surface area contributed by atoms with Crippen molar-refractivity contribution in [2.24, 2.45) is 0 Å². The molecule has 19 heavy (non-hydrogen) atoms. The lowest BCUT2D eigenvalue weighted by molar-refractivity contribution is 0.741. The van der Waals surface area contributed by atoms with Gasteiger partial charge in [-0.3, -0.25) is 0 Å². The maximum absolute atomic E-state index is 9.15.